The molecule has 2 rings (SSSR count). The summed E-state index contributed by atoms with van der Waals surface area (Å²) in [6, 6.07) is 12.2. The van der Waals surface area contributed by atoms with E-state index in [1.165, 1.54) is 12.1 Å². The predicted molar refractivity (Wildman–Crippen MR) is 113 cm³/mol. The molecule has 5 nitrogen and oxygen atoms in total. The Morgan fingerprint density at radius 3 is 2.34 bits per heavy atom. The molecule has 0 aromatic heterocycles. The maximum Gasteiger partial charge on any atom is 0.258 e. The number of hydrogen-bond acceptors (Lipinski definition) is 4. The van der Waals surface area contributed by atoms with Crippen molar-refractivity contribution in [2.45, 2.75) is 46.2 Å². The third-order valence-corrected chi connectivity index (χ3v) is 4.01. The number of nitrogens with one attached hydrogen (secondary N) is 2. The van der Waals surface area contributed by atoms with Gasteiger partial charge in [-0.1, -0.05) is 18.2 Å². The molecule has 0 aliphatic rings. The number of carbonyl (C=O) groups is 1. The molecule has 0 saturated carbocycles. The number of amides is 1. The van der Waals surface area contributed by atoms with Crippen molar-refractivity contribution in [3.63, 3.8) is 0 Å². The van der Waals surface area contributed by atoms with E-state index in [0.29, 0.717) is 24.7 Å². The van der Waals surface area contributed by atoms with Crippen molar-refractivity contribution >= 4 is 5.91 Å². The number of rotatable bonds is 10. The van der Waals surface area contributed by atoms with Gasteiger partial charge in [0.1, 0.15) is 5.82 Å². The lowest BCUT2D eigenvalue weighted by Gasteiger charge is -2.21. The summed E-state index contributed by atoms with van der Waals surface area (Å²) < 4.78 is 24.3. The van der Waals surface area contributed by atoms with Gasteiger partial charge in [0.2, 0.25) is 0 Å². The first-order chi connectivity index (χ1) is 13.8. The molecule has 0 aliphatic heterocycles. The normalized spacial score (nSPS) is 11.2. The van der Waals surface area contributed by atoms with Crippen molar-refractivity contribution < 1.29 is 18.7 Å². The SMILES string of the molecule is CCOc1cc(CNCCc2ccc(F)cc2)ccc1OCC(=O)NC(C)(C)C. The summed E-state index contributed by atoms with van der Waals surface area (Å²) in [5.41, 5.74) is 1.84. The Morgan fingerprint density at radius 2 is 1.69 bits per heavy atom. The van der Waals surface area contributed by atoms with E-state index >= 15 is 0 Å². The van der Waals surface area contributed by atoms with Crippen LogP contribution in [-0.2, 0) is 17.8 Å². The molecule has 0 bridgehead atoms. The molecular weight excluding hydrogens is 371 g/mol. The number of hydrogen-bond donors (Lipinski definition) is 2. The van der Waals surface area contributed by atoms with Gasteiger partial charge in [-0.15, -0.1) is 0 Å². The molecule has 0 radical (unpaired) electrons. The summed E-state index contributed by atoms with van der Waals surface area (Å²) in [6.07, 6.45) is 0.822. The molecule has 0 heterocycles. The molecule has 0 aliphatic carbocycles. The largest absolute Gasteiger partial charge is 0.490 e. The summed E-state index contributed by atoms with van der Waals surface area (Å²) in [7, 11) is 0. The van der Waals surface area contributed by atoms with Gasteiger partial charge in [0.15, 0.2) is 18.1 Å². The van der Waals surface area contributed by atoms with Crippen LogP contribution in [0.1, 0.15) is 38.8 Å². The second kappa shape index (κ2) is 10.8. The van der Waals surface area contributed by atoms with Crippen LogP contribution in [0.15, 0.2) is 42.5 Å². The lowest BCUT2D eigenvalue weighted by atomic mass is 10.1. The lowest BCUT2D eigenvalue weighted by Crippen LogP contribution is -2.43. The Balaban J connectivity index is 1.87. The van der Waals surface area contributed by atoms with Crippen molar-refractivity contribution in [3.8, 4) is 11.5 Å². The van der Waals surface area contributed by atoms with Crippen molar-refractivity contribution in [2.75, 3.05) is 19.8 Å². The van der Waals surface area contributed by atoms with Crippen molar-refractivity contribution in [1.29, 1.82) is 0 Å². The fourth-order valence-corrected chi connectivity index (χ4v) is 2.76. The Bertz CT molecular complexity index is 786. The molecule has 2 aromatic rings. The highest BCUT2D eigenvalue weighted by molar-refractivity contribution is 5.78. The highest BCUT2D eigenvalue weighted by Gasteiger charge is 2.15. The van der Waals surface area contributed by atoms with Gasteiger partial charge in [-0.3, -0.25) is 4.79 Å². The zero-order valence-electron chi connectivity index (χ0n) is 17.7. The highest BCUT2D eigenvalue weighted by Crippen LogP contribution is 2.28. The van der Waals surface area contributed by atoms with Gasteiger partial charge in [0, 0.05) is 12.1 Å². The average Bonchev–Trinajstić information content (AvgIpc) is 2.65. The first kappa shape index (κ1) is 22.7. The van der Waals surface area contributed by atoms with Gasteiger partial charge in [-0.25, -0.2) is 4.39 Å². The second-order valence-corrected chi connectivity index (χ2v) is 7.85. The first-order valence-corrected chi connectivity index (χ1v) is 9.91. The molecule has 1 amide bonds. The zero-order valence-corrected chi connectivity index (χ0v) is 17.7. The minimum atomic E-state index is -0.299. The van der Waals surface area contributed by atoms with E-state index in [1.807, 2.05) is 45.9 Å². The van der Waals surface area contributed by atoms with E-state index in [-0.39, 0.29) is 23.9 Å². The molecule has 2 N–H and O–H groups in total. The predicted octanol–water partition coefficient (Wildman–Crippen LogP) is 3.85. The standard InChI is InChI=1S/C23H31FN2O3/c1-5-28-21-14-18(15-25-13-12-17-6-9-19(24)10-7-17)8-11-20(21)29-16-22(27)26-23(2,3)4/h6-11,14,25H,5,12-13,15-16H2,1-4H3,(H,26,27). The number of ether oxygens (including phenoxy) is 2. The minimum absolute atomic E-state index is 0.0629. The van der Waals surface area contributed by atoms with Crippen LogP contribution >= 0.6 is 0 Å². The topological polar surface area (TPSA) is 59.6 Å². The van der Waals surface area contributed by atoms with Gasteiger partial charge in [0.25, 0.3) is 5.91 Å². The second-order valence-electron chi connectivity index (χ2n) is 7.85. The number of benzene rings is 2. The fourth-order valence-electron chi connectivity index (χ4n) is 2.76. The van der Waals surface area contributed by atoms with E-state index in [9.17, 15) is 9.18 Å². The summed E-state index contributed by atoms with van der Waals surface area (Å²) in [5, 5.41) is 6.24. The summed E-state index contributed by atoms with van der Waals surface area (Å²) in [4.78, 5) is 12.0. The molecule has 2 aromatic carbocycles. The van der Waals surface area contributed by atoms with E-state index in [1.54, 1.807) is 12.1 Å². The maximum absolute atomic E-state index is 12.9. The van der Waals surface area contributed by atoms with Crippen molar-refractivity contribution in [3.05, 3.63) is 59.4 Å². The maximum atomic E-state index is 12.9. The van der Waals surface area contributed by atoms with E-state index in [0.717, 1.165) is 24.1 Å². The van der Waals surface area contributed by atoms with Crippen molar-refractivity contribution in [1.82, 2.24) is 10.6 Å². The third-order valence-electron chi connectivity index (χ3n) is 4.01. The molecule has 0 atom stereocenters. The van der Waals surface area contributed by atoms with Crippen LogP contribution in [0.4, 0.5) is 4.39 Å². The molecular formula is C23H31FN2O3. The Hall–Kier alpha value is -2.60. The van der Waals surface area contributed by atoms with Crippen LogP contribution in [0.2, 0.25) is 0 Å². The Morgan fingerprint density at radius 1 is 1.00 bits per heavy atom. The zero-order chi connectivity index (χ0) is 21.3. The molecule has 0 spiro atoms. The lowest BCUT2D eigenvalue weighted by molar-refractivity contribution is -0.124. The minimum Gasteiger partial charge on any atom is -0.490 e. The Labute approximate surface area is 172 Å². The molecule has 158 valence electrons. The monoisotopic (exact) mass is 402 g/mol. The summed E-state index contributed by atoms with van der Waals surface area (Å²) in [6.45, 7) is 9.58. The summed E-state index contributed by atoms with van der Waals surface area (Å²) in [5.74, 6) is 0.773. The van der Waals surface area contributed by atoms with Crippen LogP contribution in [0.25, 0.3) is 0 Å². The molecule has 0 unspecified atom stereocenters. The first-order valence-electron chi connectivity index (χ1n) is 9.91. The van der Waals surface area contributed by atoms with Crippen molar-refractivity contribution in [2.24, 2.45) is 0 Å². The van der Waals surface area contributed by atoms with Crippen LogP contribution in [-0.4, -0.2) is 31.2 Å². The fraction of sp³-hybridized carbons (Fsp3) is 0.435. The van der Waals surface area contributed by atoms with Gasteiger partial charge in [0.05, 0.1) is 6.61 Å². The van der Waals surface area contributed by atoms with Crippen LogP contribution in [0, 0.1) is 5.82 Å². The number of halogens is 1. The molecule has 0 saturated heterocycles. The van der Waals surface area contributed by atoms with Gasteiger partial charge >= 0.3 is 0 Å². The van der Waals surface area contributed by atoms with E-state index < -0.39 is 0 Å². The average molecular weight is 403 g/mol. The smallest absolute Gasteiger partial charge is 0.258 e. The molecule has 29 heavy (non-hydrogen) atoms. The summed E-state index contributed by atoms with van der Waals surface area (Å²) >= 11 is 0. The van der Waals surface area contributed by atoms with Gasteiger partial charge < -0.3 is 20.1 Å². The molecule has 0 fully saturated rings. The van der Waals surface area contributed by atoms with Crippen LogP contribution in [0.3, 0.4) is 0 Å². The van der Waals surface area contributed by atoms with Gasteiger partial charge in [-0.05, 0) is 76.1 Å². The van der Waals surface area contributed by atoms with Crippen LogP contribution in [0.5, 0.6) is 11.5 Å². The Kier molecular flexibility index (Phi) is 8.46. The highest BCUT2D eigenvalue weighted by atomic mass is 19.1. The molecule has 6 heteroatoms. The third kappa shape index (κ3) is 8.52. The quantitative estimate of drug-likeness (QED) is 0.593. The van der Waals surface area contributed by atoms with Crippen LogP contribution < -0.4 is 20.1 Å². The number of carbonyl (C=O) groups excluding carboxylic acids is 1. The van der Waals surface area contributed by atoms with E-state index in [4.69, 9.17) is 9.47 Å². The van der Waals surface area contributed by atoms with E-state index in [2.05, 4.69) is 10.6 Å². The van der Waals surface area contributed by atoms with Gasteiger partial charge in [-0.2, -0.15) is 0 Å².